The van der Waals surface area contributed by atoms with Gasteiger partial charge in [0.05, 0.1) is 11.9 Å². The quantitative estimate of drug-likeness (QED) is 0.814. The first kappa shape index (κ1) is 11.9. The first-order chi connectivity index (χ1) is 8.18. The summed E-state index contributed by atoms with van der Waals surface area (Å²) in [6, 6.07) is 1.58. The summed E-state index contributed by atoms with van der Waals surface area (Å²) in [4.78, 5) is 15.8. The van der Waals surface area contributed by atoms with Gasteiger partial charge in [0, 0.05) is 25.3 Å². The molecule has 5 nitrogen and oxygen atoms in total. The Kier molecular flexibility index (Phi) is 3.58. The molecule has 1 saturated heterocycles. The highest BCUT2D eigenvalue weighted by molar-refractivity contribution is 5.93. The molecular formula is C12H16N2O3. The van der Waals surface area contributed by atoms with Crippen molar-refractivity contribution in [3.8, 4) is 5.75 Å². The molecule has 0 bridgehead atoms. The van der Waals surface area contributed by atoms with E-state index in [4.69, 9.17) is 4.74 Å². The zero-order valence-corrected chi connectivity index (χ0v) is 9.72. The van der Waals surface area contributed by atoms with Crippen LogP contribution in [0.1, 0.15) is 13.3 Å². The molecular weight excluding hydrogens is 220 g/mol. The van der Waals surface area contributed by atoms with E-state index in [1.165, 1.54) is 12.4 Å². The number of aromatic nitrogens is 1. The molecule has 0 aromatic carbocycles. The third kappa shape index (κ3) is 2.74. The molecule has 2 N–H and O–H groups in total. The van der Waals surface area contributed by atoms with E-state index in [0.717, 1.165) is 6.42 Å². The maximum atomic E-state index is 12.0. The number of ether oxygens (including phenoxy) is 1. The van der Waals surface area contributed by atoms with Crippen molar-refractivity contribution in [2.75, 3.05) is 18.5 Å². The Balaban J connectivity index is 2.03. The Morgan fingerprint density at radius 1 is 1.65 bits per heavy atom. The molecule has 2 heterocycles. The van der Waals surface area contributed by atoms with Gasteiger partial charge in [0.1, 0.15) is 0 Å². The minimum atomic E-state index is -0.0673. The fourth-order valence-corrected chi connectivity index (χ4v) is 1.99. The van der Waals surface area contributed by atoms with Crippen LogP contribution in [0.2, 0.25) is 0 Å². The number of rotatable bonds is 2. The third-order valence-electron chi connectivity index (χ3n) is 3.04. The number of carbonyl (C=O) groups is 1. The first-order valence-electron chi connectivity index (χ1n) is 5.70. The van der Waals surface area contributed by atoms with Crippen LogP contribution in [0.25, 0.3) is 0 Å². The summed E-state index contributed by atoms with van der Waals surface area (Å²) in [5.41, 5.74) is 0.406. The van der Waals surface area contributed by atoms with Gasteiger partial charge in [-0.3, -0.25) is 9.78 Å². The zero-order valence-electron chi connectivity index (χ0n) is 9.72. The van der Waals surface area contributed by atoms with Crippen molar-refractivity contribution in [2.24, 2.45) is 11.8 Å². The van der Waals surface area contributed by atoms with Crippen LogP contribution in [-0.4, -0.2) is 29.2 Å². The summed E-state index contributed by atoms with van der Waals surface area (Å²) >= 11 is 0. The fourth-order valence-electron chi connectivity index (χ4n) is 1.99. The van der Waals surface area contributed by atoms with Gasteiger partial charge in [-0.25, -0.2) is 0 Å². The van der Waals surface area contributed by atoms with Gasteiger partial charge in [-0.2, -0.15) is 0 Å². The van der Waals surface area contributed by atoms with Crippen LogP contribution >= 0.6 is 0 Å². The van der Waals surface area contributed by atoms with Gasteiger partial charge in [-0.05, 0) is 18.4 Å². The van der Waals surface area contributed by atoms with Crippen molar-refractivity contribution in [1.29, 1.82) is 0 Å². The second-order valence-electron chi connectivity index (χ2n) is 4.33. The zero-order chi connectivity index (χ0) is 12.3. The number of amides is 1. The Hall–Kier alpha value is -1.62. The normalized spacial score (nSPS) is 24.3. The standard InChI is InChI=1S/C12H16N2O3/c1-8-7-17-5-3-9(8)12(16)14-10-2-4-13-6-11(10)15/h2,4,6,8-9,15H,3,5,7H2,1H3,(H,13,14,16). The number of nitrogens with zero attached hydrogens (tertiary/aromatic N) is 1. The lowest BCUT2D eigenvalue weighted by Crippen LogP contribution is -2.35. The number of aromatic hydroxyl groups is 1. The summed E-state index contributed by atoms with van der Waals surface area (Å²) in [7, 11) is 0. The number of carbonyl (C=O) groups excluding carboxylic acids is 1. The summed E-state index contributed by atoms with van der Waals surface area (Å²) in [6.45, 7) is 3.22. The molecule has 1 aliphatic rings. The second-order valence-corrected chi connectivity index (χ2v) is 4.33. The fraction of sp³-hybridized carbons (Fsp3) is 0.500. The molecule has 0 aliphatic carbocycles. The maximum absolute atomic E-state index is 12.0. The van der Waals surface area contributed by atoms with E-state index in [2.05, 4.69) is 10.3 Å². The average molecular weight is 236 g/mol. The molecule has 2 atom stereocenters. The molecule has 2 unspecified atom stereocenters. The Labute approximate surface area is 99.8 Å². The van der Waals surface area contributed by atoms with Gasteiger partial charge in [-0.1, -0.05) is 6.92 Å². The van der Waals surface area contributed by atoms with E-state index in [0.29, 0.717) is 18.9 Å². The van der Waals surface area contributed by atoms with Crippen LogP contribution in [0, 0.1) is 11.8 Å². The highest BCUT2D eigenvalue weighted by atomic mass is 16.5. The largest absolute Gasteiger partial charge is 0.504 e. The van der Waals surface area contributed by atoms with Crippen molar-refractivity contribution >= 4 is 11.6 Å². The van der Waals surface area contributed by atoms with Crippen molar-refractivity contribution in [3.63, 3.8) is 0 Å². The van der Waals surface area contributed by atoms with Crippen LogP contribution in [0.4, 0.5) is 5.69 Å². The average Bonchev–Trinajstić information content (AvgIpc) is 2.32. The summed E-state index contributed by atoms with van der Waals surface area (Å²) < 4.78 is 5.30. The molecule has 92 valence electrons. The third-order valence-corrected chi connectivity index (χ3v) is 3.04. The predicted octanol–water partition coefficient (Wildman–Crippen LogP) is 1.40. The molecule has 1 aliphatic heterocycles. The molecule has 5 heteroatoms. The van der Waals surface area contributed by atoms with E-state index >= 15 is 0 Å². The lowest BCUT2D eigenvalue weighted by molar-refractivity contribution is -0.125. The molecule has 0 spiro atoms. The molecule has 1 aromatic rings. The molecule has 17 heavy (non-hydrogen) atoms. The lowest BCUT2D eigenvalue weighted by Gasteiger charge is -2.27. The Bertz CT molecular complexity index is 408. The number of hydrogen-bond donors (Lipinski definition) is 2. The first-order valence-corrected chi connectivity index (χ1v) is 5.70. The predicted molar refractivity (Wildman–Crippen MR) is 62.6 cm³/mol. The summed E-state index contributed by atoms with van der Waals surface area (Å²) in [5.74, 6) is 0.0620. The van der Waals surface area contributed by atoms with Gasteiger partial charge in [0.2, 0.25) is 5.91 Å². The molecule has 0 saturated carbocycles. The van der Waals surface area contributed by atoms with Crippen LogP contribution in [0.3, 0.4) is 0 Å². The van der Waals surface area contributed by atoms with E-state index in [1.54, 1.807) is 6.07 Å². The SMILES string of the molecule is CC1COCCC1C(=O)Nc1ccncc1O. The minimum Gasteiger partial charge on any atom is -0.504 e. The smallest absolute Gasteiger partial charge is 0.228 e. The van der Waals surface area contributed by atoms with Crippen LogP contribution in [0.15, 0.2) is 18.5 Å². The highest BCUT2D eigenvalue weighted by Crippen LogP contribution is 2.25. The maximum Gasteiger partial charge on any atom is 0.228 e. The van der Waals surface area contributed by atoms with Gasteiger partial charge < -0.3 is 15.2 Å². The molecule has 0 radical (unpaired) electrons. The van der Waals surface area contributed by atoms with E-state index < -0.39 is 0 Å². The second kappa shape index (κ2) is 5.14. The van der Waals surface area contributed by atoms with E-state index in [9.17, 15) is 9.90 Å². The van der Waals surface area contributed by atoms with Crippen molar-refractivity contribution < 1.29 is 14.6 Å². The minimum absolute atomic E-state index is 0.0134. The van der Waals surface area contributed by atoms with Crippen molar-refractivity contribution in [3.05, 3.63) is 18.5 Å². The topological polar surface area (TPSA) is 71.5 Å². The van der Waals surface area contributed by atoms with Crippen LogP contribution < -0.4 is 5.32 Å². The van der Waals surface area contributed by atoms with Gasteiger partial charge in [0.15, 0.2) is 5.75 Å². The van der Waals surface area contributed by atoms with Gasteiger partial charge >= 0.3 is 0 Å². The number of hydrogen-bond acceptors (Lipinski definition) is 4. The van der Waals surface area contributed by atoms with Gasteiger partial charge in [0.25, 0.3) is 0 Å². The van der Waals surface area contributed by atoms with Crippen LogP contribution in [-0.2, 0) is 9.53 Å². The van der Waals surface area contributed by atoms with Gasteiger partial charge in [-0.15, -0.1) is 0 Å². The molecule has 1 fully saturated rings. The van der Waals surface area contributed by atoms with Crippen LogP contribution in [0.5, 0.6) is 5.75 Å². The molecule has 2 rings (SSSR count). The van der Waals surface area contributed by atoms with Crippen molar-refractivity contribution in [1.82, 2.24) is 4.98 Å². The summed E-state index contributed by atoms with van der Waals surface area (Å²) in [6.07, 6.45) is 3.56. The molecule has 1 amide bonds. The number of nitrogens with one attached hydrogen (secondary N) is 1. The Morgan fingerprint density at radius 3 is 3.18 bits per heavy atom. The highest BCUT2D eigenvalue weighted by Gasteiger charge is 2.28. The monoisotopic (exact) mass is 236 g/mol. The van der Waals surface area contributed by atoms with Crippen molar-refractivity contribution in [2.45, 2.75) is 13.3 Å². The van der Waals surface area contributed by atoms with E-state index in [-0.39, 0.29) is 23.5 Å². The summed E-state index contributed by atoms with van der Waals surface area (Å²) in [5, 5.41) is 12.2. The number of anilines is 1. The molecule has 1 aromatic heterocycles. The lowest BCUT2D eigenvalue weighted by atomic mass is 9.89. The number of pyridine rings is 1. The van der Waals surface area contributed by atoms with E-state index in [1.807, 2.05) is 6.92 Å². The Morgan fingerprint density at radius 2 is 2.47 bits per heavy atom.